The van der Waals surface area contributed by atoms with Crippen molar-refractivity contribution in [1.82, 2.24) is 9.88 Å². The Labute approximate surface area is 120 Å². The molecule has 20 heavy (non-hydrogen) atoms. The van der Waals surface area contributed by atoms with Crippen LogP contribution in [0.15, 0.2) is 18.2 Å². The second-order valence-electron chi connectivity index (χ2n) is 5.42. The Morgan fingerprint density at radius 3 is 3.05 bits per heavy atom. The molecule has 1 aliphatic heterocycles. The highest BCUT2D eigenvalue weighted by atomic mass is 16.3. The number of nitrogens with one attached hydrogen (secondary N) is 1. The number of nitrogens with zero attached hydrogens (tertiary/aromatic N) is 2. The molecule has 1 aromatic rings. The number of aliphatic hydroxyl groups is 1. The molecule has 0 saturated carbocycles. The van der Waals surface area contributed by atoms with Crippen LogP contribution in [0.5, 0.6) is 0 Å². The van der Waals surface area contributed by atoms with Crippen molar-refractivity contribution in [1.29, 1.82) is 0 Å². The van der Waals surface area contributed by atoms with Crippen molar-refractivity contribution in [2.24, 2.45) is 5.92 Å². The van der Waals surface area contributed by atoms with Gasteiger partial charge in [0, 0.05) is 19.6 Å². The van der Waals surface area contributed by atoms with Gasteiger partial charge in [-0.3, -0.25) is 4.79 Å². The summed E-state index contributed by atoms with van der Waals surface area (Å²) in [6, 6.07) is 5.46. The van der Waals surface area contributed by atoms with E-state index in [1.807, 2.05) is 19.1 Å². The average Bonchev–Trinajstić information content (AvgIpc) is 2.47. The van der Waals surface area contributed by atoms with E-state index in [2.05, 4.69) is 17.2 Å². The second-order valence-corrected chi connectivity index (χ2v) is 5.42. The SMILES string of the molecule is CCCNc1cccc(C(=O)N2CCC(O)C(C)C2)n1. The van der Waals surface area contributed by atoms with E-state index in [1.165, 1.54) is 0 Å². The molecule has 0 radical (unpaired) electrons. The summed E-state index contributed by atoms with van der Waals surface area (Å²) in [6.45, 7) is 6.09. The number of carbonyl (C=O) groups excluding carboxylic acids is 1. The number of anilines is 1. The number of aromatic nitrogens is 1. The summed E-state index contributed by atoms with van der Waals surface area (Å²) in [7, 11) is 0. The first-order valence-corrected chi connectivity index (χ1v) is 7.30. The van der Waals surface area contributed by atoms with E-state index < -0.39 is 0 Å². The van der Waals surface area contributed by atoms with Gasteiger partial charge in [0.1, 0.15) is 11.5 Å². The lowest BCUT2D eigenvalue weighted by atomic mass is 9.96. The fourth-order valence-corrected chi connectivity index (χ4v) is 2.39. The van der Waals surface area contributed by atoms with Crippen LogP contribution in [0.3, 0.4) is 0 Å². The normalized spacial score (nSPS) is 22.6. The minimum atomic E-state index is -0.301. The zero-order valence-electron chi connectivity index (χ0n) is 12.2. The average molecular weight is 277 g/mol. The van der Waals surface area contributed by atoms with Gasteiger partial charge in [-0.15, -0.1) is 0 Å². The van der Waals surface area contributed by atoms with Crippen LogP contribution < -0.4 is 5.32 Å². The van der Waals surface area contributed by atoms with E-state index in [9.17, 15) is 9.90 Å². The van der Waals surface area contributed by atoms with Gasteiger partial charge in [-0.2, -0.15) is 0 Å². The molecule has 2 atom stereocenters. The Morgan fingerprint density at radius 1 is 1.55 bits per heavy atom. The second kappa shape index (κ2) is 6.70. The Bertz CT molecular complexity index is 464. The van der Waals surface area contributed by atoms with Crippen LogP contribution in [0.25, 0.3) is 0 Å². The van der Waals surface area contributed by atoms with Gasteiger partial charge in [0.25, 0.3) is 5.91 Å². The third kappa shape index (κ3) is 3.48. The van der Waals surface area contributed by atoms with Gasteiger partial charge in [0.15, 0.2) is 0 Å². The van der Waals surface area contributed by atoms with Crippen LogP contribution >= 0.6 is 0 Å². The number of hydrogen-bond donors (Lipinski definition) is 2. The highest BCUT2D eigenvalue weighted by molar-refractivity contribution is 5.92. The maximum atomic E-state index is 12.4. The molecule has 1 amide bonds. The first-order chi connectivity index (χ1) is 9.61. The Morgan fingerprint density at radius 2 is 2.35 bits per heavy atom. The summed E-state index contributed by atoms with van der Waals surface area (Å²) in [6.07, 6.45) is 1.35. The van der Waals surface area contributed by atoms with E-state index in [0.717, 1.165) is 18.8 Å². The molecular formula is C15H23N3O2. The molecule has 0 aromatic carbocycles. The minimum Gasteiger partial charge on any atom is -0.393 e. The monoisotopic (exact) mass is 277 g/mol. The van der Waals surface area contributed by atoms with E-state index in [0.29, 0.717) is 25.2 Å². The molecule has 1 fully saturated rings. The molecule has 0 aliphatic carbocycles. The molecule has 1 aliphatic rings. The van der Waals surface area contributed by atoms with E-state index in [-0.39, 0.29) is 17.9 Å². The van der Waals surface area contributed by atoms with Crippen LogP contribution in [-0.4, -0.2) is 46.6 Å². The van der Waals surface area contributed by atoms with Gasteiger partial charge in [0.05, 0.1) is 6.10 Å². The van der Waals surface area contributed by atoms with Crippen molar-refractivity contribution < 1.29 is 9.90 Å². The van der Waals surface area contributed by atoms with Crippen LogP contribution in [0.2, 0.25) is 0 Å². The third-order valence-corrected chi connectivity index (χ3v) is 3.67. The van der Waals surface area contributed by atoms with Crippen LogP contribution in [-0.2, 0) is 0 Å². The molecule has 2 N–H and O–H groups in total. The minimum absolute atomic E-state index is 0.0519. The quantitative estimate of drug-likeness (QED) is 0.880. The molecule has 0 spiro atoms. The fourth-order valence-electron chi connectivity index (χ4n) is 2.39. The number of amides is 1. The lowest BCUT2D eigenvalue weighted by Gasteiger charge is -2.34. The Hall–Kier alpha value is -1.62. The van der Waals surface area contributed by atoms with Crippen molar-refractivity contribution in [3.05, 3.63) is 23.9 Å². The maximum Gasteiger partial charge on any atom is 0.272 e. The molecule has 110 valence electrons. The van der Waals surface area contributed by atoms with Gasteiger partial charge in [-0.1, -0.05) is 19.9 Å². The highest BCUT2D eigenvalue weighted by Gasteiger charge is 2.28. The van der Waals surface area contributed by atoms with Crippen LogP contribution in [0.1, 0.15) is 37.2 Å². The number of likely N-dealkylation sites (tertiary alicyclic amines) is 1. The summed E-state index contributed by atoms with van der Waals surface area (Å²) in [5.74, 6) is 0.806. The van der Waals surface area contributed by atoms with Gasteiger partial charge in [0.2, 0.25) is 0 Å². The smallest absolute Gasteiger partial charge is 0.272 e. The predicted molar refractivity (Wildman–Crippen MR) is 78.7 cm³/mol. The van der Waals surface area contributed by atoms with Crippen molar-refractivity contribution in [2.45, 2.75) is 32.8 Å². The first kappa shape index (κ1) is 14.8. The van der Waals surface area contributed by atoms with E-state index in [1.54, 1.807) is 11.0 Å². The summed E-state index contributed by atoms with van der Waals surface area (Å²) >= 11 is 0. The van der Waals surface area contributed by atoms with Gasteiger partial charge < -0.3 is 15.3 Å². The lowest BCUT2D eigenvalue weighted by Crippen LogP contribution is -2.45. The molecule has 2 rings (SSSR count). The molecule has 2 unspecified atom stereocenters. The molecular weight excluding hydrogens is 254 g/mol. The molecule has 5 heteroatoms. The first-order valence-electron chi connectivity index (χ1n) is 7.30. The molecule has 1 saturated heterocycles. The standard InChI is InChI=1S/C15H23N3O2/c1-3-8-16-14-6-4-5-12(17-14)15(20)18-9-7-13(19)11(2)10-18/h4-6,11,13,19H,3,7-10H2,1-2H3,(H,16,17). The van der Waals surface area contributed by atoms with Crippen molar-refractivity contribution in [3.8, 4) is 0 Å². The number of hydrogen-bond acceptors (Lipinski definition) is 4. The van der Waals surface area contributed by atoms with E-state index >= 15 is 0 Å². The van der Waals surface area contributed by atoms with Crippen molar-refractivity contribution in [2.75, 3.05) is 25.0 Å². The number of rotatable bonds is 4. The van der Waals surface area contributed by atoms with Crippen LogP contribution in [0, 0.1) is 5.92 Å². The molecule has 0 bridgehead atoms. The fraction of sp³-hybridized carbons (Fsp3) is 0.600. The zero-order chi connectivity index (χ0) is 14.5. The Kier molecular flexibility index (Phi) is 4.95. The maximum absolute atomic E-state index is 12.4. The number of aliphatic hydroxyl groups excluding tert-OH is 1. The Balaban J connectivity index is 2.05. The van der Waals surface area contributed by atoms with Gasteiger partial charge in [-0.05, 0) is 30.9 Å². The molecule has 5 nitrogen and oxygen atoms in total. The zero-order valence-corrected chi connectivity index (χ0v) is 12.2. The molecule has 2 heterocycles. The lowest BCUT2D eigenvalue weighted by molar-refractivity contribution is 0.0294. The summed E-state index contributed by atoms with van der Waals surface area (Å²) in [5.41, 5.74) is 0.467. The predicted octanol–water partition coefficient (Wildman–Crippen LogP) is 1.75. The third-order valence-electron chi connectivity index (χ3n) is 3.67. The number of piperidine rings is 1. The number of carbonyl (C=O) groups is 1. The van der Waals surface area contributed by atoms with Gasteiger partial charge in [-0.25, -0.2) is 4.98 Å². The van der Waals surface area contributed by atoms with Crippen LogP contribution in [0.4, 0.5) is 5.82 Å². The topological polar surface area (TPSA) is 65.5 Å². The largest absolute Gasteiger partial charge is 0.393 e. The summed E-state index contributed by atoms with van der Waals surface area (Å²) in [5, 5.41) is 12.9. The van der Waals surface area contributed by atoms with Crippen molar-refractivity contribution in [3.63, 3.8) is 0 Å². The molecule has 1 aromatic heterocycles. The summed E-state index contributed by atoms with van der Waals surface area (Å²) in [4.78, 5) is 18.6. The summed E-state index contributed by atoms with van der Waals surface area (Å²) < 4.78 is 0. The number of pyridine rings is 1. The van der Waals surface area contributed by atoms with Gasteiger partial charge >= 0.3 is 0 Å². The van der Waals surface area contributed by atoms with E-state index in [4.69, 9.17) is 0 Å². The van der Waals surface area contributed by atoms with Crippen molar-refractivity contribution >= 4 is 11.7 Å². The highest BCUT2D eigenvalue weighted by Crippen LogP contribution is 2.18.